The summed E-state index contributed by atoms with van der Waals surface area (Å²) in [7, 11) is 0. The van der Waals surface area contributed by atoms with Gasteiger partial charge in [-0.05, 0) is 56.1 Å². The number of aromatic nitrogens is 3. The first-order valence-electron chi connectivity index (χ1n) is 12.5. The number of nitrogens with zero attached hydrogens (tertiary/aromatic N) is 3. The van der Waals surface area contributed by atoms with E-state index in [9.17, 15) is 8.78 Å². The van der Waals surface area contributed by atoms with Crippen molar-refractivity contribution in [2.75, 3.05) is 36.9 Å². The Hall–Kier alpha value is -3.85. The van der Waals surface area contributed by atoms with Crippen LogP contribution in [-0.2, 0) is 0 Å². The van der Waals surface area contributed by atoms with E-state index < -0.39 is 12.8 Å². The van der Waals surface area contributed by atoms with Gasteiger partial charge in [0.25, 0.3) is 0 Å². The van der Waals surface area contributed by atoms with Crippen LogP contribution in [0.1, 0.15) is 18.4 Å². The van der Waals surface area contributed by atoms with Gasteiger partial charge in [0.2, 0.25) is 11.8 Å². The number of hydrogen-bond donors (Lipinski definition) is 3. The number of pyridine rings is 1. The number of ether oxygens (including phenoxy) is 1. The molecule has 2 aromatic carbocycles. The lowest BCUT2D eigenvalue weighted by atomic mass is 10.0. The van der Waals surface area contributed by atoms with Gasteiger partial charge in [-0.25, -0.2) is 23.7 Å². The van der Waals surface area contributed by atoms with Crippen molar-refractivity contribution in [3.63, 3.8) is 0 Å². The van der Waals surface area contributed by atoms with Gasteiger partial charge in [-0.1, -0.05) is 24.3 Å². The van der Waals surface area contributed by atoms with Gasteiger partial charge in [0, 0.05) is 48.0 Å². The van der Waals surface area contributed by atoms with Crippen molar-refractivity contribution in [1.29, 1.82) is 0 Å². The number of nitrogens with one attached hydrogen (secondary N) is 3. The molecule has 4 aromatic rings. The van der Waals surface area contributed by atoms with Crippen LogP contribution < -0.4 is 20.7 Å². The molecule has 1 aliphatic heterocycles. The number of halogens is 2. The Morgan fingerprint density at radius 3 is 2.84 bits per heavy atom. The Morgan fingerprint density at radius 2 is 2.00 bits per heavy atom. The average Bonchev–Trinajstić information content (AvgIpc) is 2.94. The lowest BCUT2D eigenvalue weighted by Crippen LogP contribution is -2.38. The Labute approximate surface area is 214 Å². The van der Waals surface area contributed by atoms with Crippen LogP contribution in [0.3, 0.4) is 0 Å². The maximum absolute atomic E-state index is 13.5. The van der Waals surface area contributed by atoms with Crippen molar-refractivity contribution in [1.82, 2.24) is 20.3 Å². The van der Waals surface area contributed by atoms with Crippen LogP contribution in [0, 0.1) is 6.92 Å². The molecule has 1 unspecified atom stereocenters. The molecular formula is C28H30F2N6O. The third-order valence-corrected chi connectivity index (χ3v) is 6.42. The maximum atomic E-state index is 13.5. The molecule has 0 saturated carbocycles. The predicted molar refractivity (Wildman–Crippen MR) is 143 cm³/mol. The van der Waals surface area contributed by atoms with Crippen LogP contribution in [0.15, 0.2) is 60.9 Å². The Bertz CT molecular complexity index is 1360. The highest BCUT2D eigenvalue weighted by Crippen LogP contribution is 2.38. The van der Waals surface area contributed by atoms with Crippen molar-refractivity contribution >= 4 is 22.4 Å². The third kappa shape index (κ3) is 5.77. The molecule has 37 heavy (non-hydrogen) atoms. The van der Waals surface area contributed by atoms with Crippen molar-refractivity contribution in [3.8, 4) is 22.9 Å². The van der Waals surface area contributed by atoms with Gasteiger partial charge in [-0.15, -0.1) is 0 Å². The molecule has 0 spiro atoms. The molecule has 1 aliphatic rings. The van der Waals surface area contributed by atoms with Gasteiger partial charge < -0.3 is 20.7 Å². The van der Waals surface area contributed by atoms with Gasteiger partial charge in [0.15, 0.2) is 0 Å². The van der Waals surface area contributed by atoms with E-state index in [-0.39, 0.29) is 12.6 Å². The summed E-state index contributed by atoms with van der Waals surface area (Å²) in [5, 5.41) is 11.5. The number of fused-ring (bicyclic) bond motifs is 1. The fraction of sp³-hybridized carbons (Fsp3) is 0.321. The third-order valence-electron chi connectivity index (χ3n) is 6.42. The predicted octanol–water partition coefficient (Wildman–Crippen LogP) is 5.68. The minimum Gasteiger partial charge on any atom is -0.437 e. The highest BCUT2D eigenvalue weighted by Gasteiger charge is 2.17. The van der Waals surface area contributed by atoms with Crippen molar-refractivity contribution in [2.45, 2.75) is 32.0 Å². The molecule has 1 saturated heterocycles. The molecule has 0 radical (unpaired) electrons. The number of aryl methyl sites for hydroxylation is 1. The zero-order valence-corrected chi connectivity index (χ0v) is 20.7. The van der Waals surface area contributed by atoms with Crippen LogP contribution >= 0.6 is 0 Å². The van der Waals surface area contributed by atoms with Crippen molar-refractivity contribution in [2.24, 2.45) is 0 Å². The minimum atomic E-state index is -1.56. The van der Waals surface area contributed by atoms with E-state index in [1.807, 2.05) is 55.5 Å². The number of benzene rings is 2. The smallest absolute Gasteiger partial charge is 0.228 e. The van der Waals surface area contributed by atoms with Crippen LogP contribution in [0.4, 0.5) is 20.4 Å². The monoisotopic (exact) mass is 504 g/mol. The quantitative estimate of drug-likeness (QED) is 0.271. The van der Waals surface area contributed by atoms with Crippen LogP contribution in [0.5, 0.6) is 11.6 Å². The number of anilines is 2. The molecule has 3 heterocycles. The second kappa shape index (κ2) is 11.5. The largest absolute Gasteiger partial charge is 0.437 e. The summed E-state index contributed by atoms with van der Waals surface area (Å²) in [6.07, 6.45) is 4.03. The summed E-state index contributed by atoms with van der Waals surface area (Å²) in [5.74, 6) is 1.63. The van der Waals surface area contributed by atoms with Crippen molar-refractivity contribution < 1.29 is 13.5 Å². The van der Waals surface area contributed by atoms with E-state index >= 15 is 0 Å². The van der Waals surface area contributed by atoms with E-state index in [1.54, 1.807) is 12.4 Å². The fourth-order valence-corrected chi connectivity index (χ4v) is 4.50. The maximum Gasteiger partial charge on any atom is 0.228 e. The summed E-state index contributed by atoms with van der Waals surface area (Å²) in [6, 6.07) is 15.4. The molecule has 2 atom stereocenters. The Morgan fingerprint density at radius 1 is 1.08 bits per heavy atom. The first-order chi connectivity index (χ1) is 18.1. The van der Waals surface area contributed by atoms with Crippen LogP contribution in [-0.4, -0.2) is 53.5 Å². The van der Waals surface area contributed by atoms with E-state index in [2.05, 4.69) is 25.9 Å². The summed E-state index contributed by atoms with van der Waals surface area (Å²) >= 11 is 0. The molecule has 7 nitrogen and oxygen atoms in total. The molecule has 0 aliphatic carbocycles. The summed E-state index contributed by atoms with van der Waals surface area (Å²) < 4.78 is 32.6. The zero-order chi connectivity index (χ0) is 25.6. The minimum absolute atomic E-state index is 0.106. The molecule has 5 rings (SSSR count). The molecular weight excluding hydrogens is 474 g/mol. The lowest BCUT2D eigenvalue weighted by molar-refractivity contribution is 0.273. The average molecular weight is 505 g/mol. The zero-order valence-electron chi connectivity index (χ0n) is 20.7. The summed E-state index contributed by atoms with van der Waals surface area (Å²) in [4.78, 5) is 13.7. The first kappa shape index (κ1) is 24.8. The van der Waals surface area contributed by atoms with E-state index in [1.165, 1.54) is 0 Å². The molecule has 192 valence electrons. The molecule has 2 aromatic heterocycles. The van der Waals surface area contributed by atoms with Gasteiger partial charge in [0.05, 0.1) is 11.3 Å². The molecule has 0 amide bonds. The number of piperidine rings is 1. The molecule has 1 fully saturated rings. The Kier molecular flexibility index (Phi) is 7.70. The number of alkyl halides is 2. The standard InChI is InChI=1S/C28H30F2N6O/c1-18-9-10-21-22(6-2-8-24(21)34-16-19(30)15-29)26(18)37-27-23(7-4-13-32-27)25-11-14-33-28(36-25)35-20-5-3-12-31-17-20/h2,4,6-11,13-14,19-20,31,34H,3,5,12,15-17H2,1H3,(H,33,35,36)/t19?,20-/m0/s1. The van der Waals surface area contributed by atoms with E-state index in [4.69, 9.17) is 9.72 Å². The normalized spacial score (nSPS) is 16.4. The van der Waals surface area contributed by atoms with E-state index in [0.717, 1.165) is 47.8 Å². The Balaban J connectivity index is 1.45. The first-order valence-corrected chi connectivity index (χ1v) is 12.5. The van der Waals surface area contributed by atoms with Gasteiger partial charge in [-0.3, -0.25) is 0 Å². The van der Waals surface area contributed by atoms with Gasteiger partial charge in [0.1, 0.15) is 18.6 Å². The van der Waals surface area contributed by atoms with Crippen LogP contribution in [0.25, 0.3) is 22.0 Å². The highest BCUT2D eigenvalue weighted by molar-refractivity contribution is 5.98. The molecule has 9 heteroatoms. The van der Waals surface area contributed by atoms with Gasteiger partial charge >= 0.3 is 0 Å². The second-order valence-electron chi connectivity index (χ2n) is 9.16. The molecule has 3 N–H and O–H groups in total. The highest BCUT2D eigenvalue weighted by atomic mass is 19.2. The van der Waals surface area contributed by atoms with Crippen molar-refractivity contribution in [3.05, 3.63) is 66.5 Å². The van der Waals surface area contributed by atoms with Crippen LogP contribution in [0.2, 0.25) is 0 Å². The fourth-order valence-electron chi connectivity index (χ4n) is 4.50. The summed E-state index contributed by atoms with van der Waals surface area (Å²) in [5.41, 5.74) is 3.07. The number of hydrogen-bond acceptors (Lipinski definition) is 7. The topological polar surface area (TPSA) is 84.0 Å². The van der Waals surface area contributed by atoms with Gasteiger partial charge in [-0.2, -0.15) is 0 Å². The lowest BCUT2D eigenvalue weighted by Gasteiger charge is -2.23. The number of rotatable bonds is 9. The SMILES string of the molecule is Cc1ccc2c(NCC(F)CF)cccc2c1Oc1ncccc1-c1ccnc(N[C@H]2CCCNC2)n1. The molecule has 0 bridgehead atoms. The second-order valence-corrected chi connectivity index (χ2v) is 9.16. The summed E-state index contributed by atoms with van der Waals surface area (Å²) in [6.45, 7) is 2.75. The van der Waals surface area contributed by atoms with E-state index in [0.29, 0.717) is 29.0 Å².